The summed E-state index contributed by atoms with van der Waals surface area (Å²) in [4.78, 5) is 0. The van der Waals surface area contributed by atoms with Gasteiger partial charge in [0.15, 0.2) is 0 Å². The predicted molar refractivity (Wildman–Crippen MR) is 0 cm³/mol. The molecule has 2 radical (unpaired) electrons. The molecule has 0 fully saturated rings. The van der Waals surface area contributed by atoms with Crippen molar-refractivity contribution < 1.29 is 156 Å². The molecule has 0 unspecified atom stereocenters. The summed E-state index contributed by atoms with van der Waals surface area (Å²) >= 11 is 0. The van der Waals surface area contributed by atoms with Crippen LogP contribution in [-0.2, 0) is 0 Å². The molecule has 0 aliphatic heterocycles. The minimum Gasteiger partial charge on any atom is -1.00 e. The summed E-state index contributed by atoms with van der Waals surface area (Å²) < 4.78 is 0. The van der Waals surface area contributed by atoms with Crippen molar-refractivity contribution in [3.8, 4) is 0 Å². The molecule has 0 atom stereocenters. The molecule has 0 rings (SSSR count). The van der Waals surface area contributed by atoms with Gasteiger partial charge in [0.25, 0.3) is 0 Å². The van der Waals surface area contributed by atoms with Gasteiger partial charge in [-0.25, -0.2) is 0 Å². The molecule has 8 heavy (non-hydrogen) atoms. The minimum absolute atomic E-state index is 0. The van der Waals surface area contributed by atoms with Crippen LogP contribution in [0.5, 0.6) is 0 Å². The van der Waals surface area contributed by atoms with Crippen LogP contribution in [-0.4, -0.2) is 0 Å². The maximum absolute atomic E-state index is 0. The van der Waals surface area contributed by atoms with Gasteiger partial charge < -0.3 is 74.4 Å². The third-order valence-corrected chi connectivity index (χ3v) is 0. The first-order chi connectivity index (χ1) is 0. The summed E-state index contributed by atoms with van der Waals surface area (Å²) in [5.41, 5.74) is 0. The fourth-order valence-electron chi connectivity index (χ4n) is 0. The van der Waals surface area contributed by atoms with E-state index >= 15 is 0 Å². The van der Waals surface area contributed by atoms with Gasteiger partial charge in [0.2, 0.25) is 0 Å². The van der Waals surface area contributed by atoms with Crippen LogP contribution in [0, 0.1) is 81.2 Å². The Balaban J connectivity index is 0. The van der Waals surface area contributed by atoms with Gasteiger partial charge in [-0.1, -0.05) is 0 Å². The number of hydrogen-bond donors (Lipinski definition) is 0. The van der Waals surface area contributed by atoms with E-state index < -0.39 is 0 Å². The molecular formula is Cl6NdSm. The number of rotatable bonds is 0. The molecule has 0 aliphatic carbocycles. The van der Waals surface area contributed by atoms with E-state index in [0.29, 0.717) is 0 Å². The molecule has 0 aromatic carbocycles. The molecule has 0 saturated carbocycles. The smallest absolute Gasteiger partial charge is 1.00 e. The summed E-state index contributed by atoms with van der Waals surface area (Å²) in [5.74, 6) is 0. The van der Waals surface area contributed by atoms with Crippen molar-refractivity contribution >= 4 is 0 Å². The fourth-order valence-corrected chi connectivity index (χ4v) is 0. The van der Waals surface area contributed by atoms with Crippen LogP contribution in [0.3, 0.4) is 0 Å². The molecule has 0 nitrogen and oxygen atoms in total. The zero-order valence-electron chi connectivity index (χ0n) is 3.18. The van der Waals surface area contributed by atoms with Crippen molar-refractivity contribution in [2.75, 3.05) is 0 Å². The zero-order valence-corrected chi connectivity index (χ0v) is 13.5. The van der Waals surface area contributed by atoms with Crippen molar-refractivity contribution in [3.05, 3.63) is 0 Å². The van der Waals surface area contributed by atoms with E-state index in [1.165, 1.54) is 0 Å². The summed E-state index contributed by atoms with van der Waals surface area (Å²) in [7, 11) is 0. The first-order valence-electron chi connectivity index (χ1n) is 0. The van der Waals surface area contributed by atoms with E-state index in [1.807, 2.05) is 0 Å². The number of hydrogen-bond acceptors (Lipinski definition) is 0. The largest absolute Gasteiger partial charge is 3.00 e. The molecule has 0 amide bonds. The Morgan fingerprint density at radius 2 is 0.375 bits per heavy atom. The van der Waals surface area contributed by atoms with Gasteiger partial charge in [0, 0.05) is 0 Å². The molecule has 8 heteroatoms. The molecule has 0 bridgehead atoms. The Hall–Kier alpha value is 4.43. The zero-order chi connectivity index (χ0) is 0. The van der Waals surface area contributed by atoms with Crippen molar-refractivity contribution in [2.24, 2.45) is 0 Å². The minimum atomic E-state index is 0. The molecule has 0 spiro atoms. The van der Waals surface area contributed by atoms with E-state index in [9.17, 15) is 0 Å². The van der Waals surface area contributed by atoms with Gasteiger partial charge in [-0.3, -0.25) is 0 Å². The second kappa shape index (κ2) is 63.4. The van der Waals surface area contributed by atoms with Crippen molar-refractivity contribution in [2.45, 2.75) is 0 Å². The quantitative estimate of drug-likeness (QED) is 0.306. The molecule has 0 aromatic heterocycles. The fraction of sp³-hybridized carbons (Fsp3) is 0. The average Bonchev–Trinajstić information content (AvgIpc) is 0. The molecule has 0 aromatic rings. The summed E-state index contributed by atoms with van der Waals surface area (Å²) in [6, 6.07) is 0. The van der Waals surface area contributed by atoms with E-state index in [0.717, 1.165) is 0 Å². The van der Waals surface area contributed by atoms with Gasteiger partial charge in [-0.15, -0.1) is 0 Å². The normalized spacial score (nSPS) is 0. The standard InChI is InChI=1S/6ClH.Nd.Sm/h6*1H;;/q;;;;;;2*+3/p-6. The van der Waals surface area contributed by atoms with Crippen molar-refractivity contribution in [1.29, 1.82) is 0 Å². The molecule has 0 heterocycles. The van der Waals surface area contributed by atoms with E-state index in [-0.39, 0.29) is 156 Å². The van der Waals surface area contributed by atoms with Gasteiger partial charge in [-0.05, 0) is 0 Å². The van der Waals surface area contributed by atoms with Gasteiger partial charge in [0.05, 0.1) is 0 Å². The topological polar surface area (TPSA) is 0 Å². The van der Waals surface area contributed by atoms with Crippen LogP contribution in [0.4, 0.5) is 0 Å². The molecule has 0 aliphatic rings. The number of halogens is 6. The van der Waals surface area contributed by atoms with E-state index in [4.69, 9.17) is 0 Å². The summed E-state index contributed by atoms with van der Waals surface area (Å²) in [6.45, 7) is 0. The summed E-state index contributed by atoms with van der Waals surface area (Å²) in [5, 5.41) is 0. The SMILES string of the molecule is [Cl-].[Cl-].[Cl-].[Cl-].[Cl-].[Cl-].[Nd+3].[Sm+3]. The molecule has 0 N–H and O–H groups in total. The summed E-state index contributed by atoms with van der Waals surface area (Å²) in [6.07, 6.45) is 0. The second-order valence-corrected chi connectivity index (χ2v) is 0. The Kier molecular flexibility index (Phi) is 656. The molecule has 52 valence electrons. The van der Waals surface area contributed by atoms with E-state index in [1.54, 1.807) is 0 Å². The first-order valence-corrected chi connectivity index (χ1v) is 0. The van der Waals surface area contributed by atoms with Crippen LogP contribution >= 0.6 is 0 Å². The second-order valence-electron chi connectivity index (χ2n) is 0. The first kappa shape index (κ1) is 82.8. The van der Waals surface area contributed by atoms with Crippen LogP contribution in [0.25, 0.3) is 0 Å². The Morgan fingerprint density at radius 3 is 0.375 bits per heavy atom. The van der Waals surface area contributed by atoms with Crippen molar-refractivity contribution in [1.82, 2.24) is 0 Å². The van der Waals surface area contributed by atoms with Crippen molar-refractivity contribution in [3.63, 3.8) is 0 Å². The Bertz CT molecular complexity index is 8.49. The predicted octanol–water partition coefficient (Wildman–Crippen LogP) is -18.0. The molecular weight excluding hydrogens is 507 g/mol. The van der Waals surface area contributed by atoms with Crippen LogP contribution in [0.1, 0.15) is 0 Å². The Labute approximate surface area is 152 Å². The van der Waals surface area contributed by atoms with Crippen LogP contribution < -0.4 is 74.4 Å². The monoisotopic (exact) mass is 504 g/mol. The third-order valence-electron chi connectivity index (χ3n) is 0. The van der Waals surface area contributed by atoms with Gasteiger partial charge in [-0.2, -0.15) is 0 Å². The Morgan fingerprint density at radius 1 is 0.375 bits per heavy atom. The van der Waals surface area contributed by atoms with Crippen LogP contribution in [0.2, 0.25) is 0 Å². The van der Waals surface area contributed by atoms with Crippen LogP contribution in [0.15, 0.2) is 0 Å². The third kappa shape index (κ3) is 47.3. The molecule has 0 saturated heterocycles. The van der Waals surface area contributed by atoms with Gasteiger partial charge >= 0.3 is 81.2 Å². The average molecular weight is 507 g/mol. The maximum atomic E-state index is 0. The van der Waals surface area contributed by atoms with E-state index in [2.05, 4.69) is 0 Å². The maximum Gasteiger partial charge on any atom is 3.00 e. The van der Waals surface area contributed by atoms with Gasteiger partial charge in [0.1, 0.15) is 0 Å².